The number of aromatic nitrogens is 2. The molecule has 2 heterocycles. The molecule has 1 fully saturated rings. The van der Waals surface area contributed by atoms with Crippen molar-refractivity contribution in [3.8, 4) is 22.7 Å². The molecule has 0 saturated carbocycles. The number of halogens is 3. The number of aryl methyl sites for hydroxylation is 1. The van der Waals surface area contributed by atoms with Crippen molar-refractivity contribution in [3.05, 3.63) is 59.8 Å². The van der Waals surface area contributed by atoms with Crippen LogP contribution in [0.3, 0.4) is 0 Å². The average Bonchev–Trinajstić information content (AvgIpc) is 3.18. The normalized spacial score (nSPS) is 15.7. The highest BCUT2D eigenvalue weighted by molar-refractivity contribution is 7.91. The summed E-state index contributed by atoms with van der Waals surface area (Å²) in [4.78, 5) is 0.290. The second-order valence-corrected chi connectivity index (χ2v) is 9.59. The molecule has 33 heavy (non-hydrogen) atoms. The van der Waals surface area contributed by atoms with Crippen molar-refractivity contribution < 1.29 is 40.0 Å². The van der Waals surface area contributed by atoms with Crippen LogP contribution in [0.25, 0.3) is 16.9 Å². The Morgan fingerprint density at radius 1 is 1.12 bits per heavy atom. The lowest BCUT2D eigenvalue weighted by molar-refractivity contribution is -0.469. The van der Waals surface area contributed by atoms with Gasteiger partial charge in [0.25, 0.3) is 0 Å². The van der Waals surface area contributed by atoms with Gasteiger partial charge in [-0.3, -0.25) is 0 Å². The molecule has 0 radical (unpaired) electrons. The van der Waals surface area contributed by atoms with E-state index in [2.05, 4.69) is 18.8 Å². The highest BCUT2D eigenvalue weighted by Gasteiger charge is 2.35. The van der Waals surface area contributed by atoms with E-state index in [9.17, 15) is 21.6 Å². The third-order valence-electron chi connectivity index (χ3n) is 4.40. The highest BCUT2D eigenvalue weighted by Crippen LogP contribution is 2.35. The molecule has 2 aromatic carbocycles. The molecule has 0 amide bonds. The summed E-state index contributed by atoms with van der Waals surface area (Å²) in [7, 11) is -1.43. The van der Waals surface area contributed by atoms with Crippen LogP contribution in [0.1, 0.15) is 11.3 Å². The van der Waals surface area contributed by atoms with E-state index in [0.717, 1.165) is 11.6 Å². The second kappa shape index (κ2) is 9.61. The molecule has 1 aliphatic heterocycles. The van der Waals surface area contributed by atoms with Crippen LogP contribution in [-0.2, 0) is 41.0 Å². The summed E-state index contributed by atoms with van der Waals surface area (Å²) in [6.07, 6.45) is -3.32. The number of ether oxygens (including phenoxy) is 1. The molecule has 1 atom stereocenters. The Morgan fingerprint density at radius 2 is 1.73 bits per heavy atom. The minimum atomic E-state index is -4.60. The molecule has 1 N–H and O–H groups in total. The molecule has 0 bridgehead atoms. The van der Waals surface area contributed by atoms with E-state index in [-0.39, 0.29) is 10.6 Å². The first-order valence-electron chi connectivity index (χ1n) is 9.00. The number of nitrogens with zero attached hydrogens (tertiary/aromatic N) is 2. The Balaban J connectivity index is 0.000000541. The zero-order chi connectivity index (χ0) is 24.4. The highest BCUT2D eigenvalue weighted by atomic mass is 32.2. The number of methoxy groups -OCH3 is 1. The second-order valence-electron chi connectivity index (χ2n) is 6.75. The van der Waals surface area contributed by atoms with Gasteiger partial charge in [-0.15, -0.1) is 0 Å². The summed E-state index contributed by atoms with van der Waals surface area (Å²) in [5, 5.41) is 7.26. The van der Waals surface area contributed by atoms with E-state index >= 15 is 0 Å². The average molecular weight is 505 g/mol. The number of rotatable bonds is 4. The fourth-order valence-corrected chi connectivity index (χ4v) is 3.56. The van der Waals surface area contributed by atoms with Crippen LogP contribution in [0.2, 0.25) is 0 Å². The van der Waals surface area contributed by atoms with E-state index < -0.39 is 33.0 Å². The minimum absolute atomic E-state index is 0.237. The molecule has 1 unspecified atom stereocenters. The van der Waals surface area contributed by atoms with Gasteiger partial charge in [0.05, 0.1) is 28.2 Å². The molecule has 0 aliphatic carbocycles. The summed E-state index contributed by atoms with van der Waals surface area (Å²) in [5.41, 5.74) is 0.935. The van der Waals surface area contributed by atoms with Gasteiger partial charge in [0.2, 0.25) is 0 Å². The van der Waals surface area contributed by atoms with Gasteiger partial charge in [-0.1, -0.05) is 20.8 Å². The van der Waals surface area contributed by atoms with Gasteiger partial charge in [-0.05, 0) is 53.9 Å². The summed E-state index contributed by atoms with van der Waals surface area (Å²) in [5.74, 6) is 0.550. The van der Waals surface area contributed by atoms with E-state index in [4.69, 9.17) is 9.52 Å². The van der Waals surface area contributed by atoms with Gasteiger partial charge in [0, 0.05) is 16.7 Å². The fourth-order valence-electron chi connectivity index (χ4n) is 2.80. The molecule has 0 spiro atoms. The van der Waals surface area contributed by atoms with Gasteiger partial charge in [-0.2, -0.15) is 22.5 Å². The van der Waals surface area contributed by atoms with Crippen LogP contribution in [0.15, 0.2) is 53.4 Å². The van der Waals surface area contributed by atoms with Crippen molar-refractivity contribution in [2.45, 2.75) is 18.0 Å². The van der Waals surface area contributed by atoms with Crippen molar-refractivity contribution in [2.75, 3.05) is 13.4 Å². The molecule has 4 rings (SSSR count). The third-order valence-corrected chi connectivity index (χ3v) is 5.91. The van der Waals surface area contributed by atoms with Gasteiger partial charge >= 0.3 is 17.5 Å². The topological polar surface area (TPSA) is 113 Å². The molecule has 1 aromatic heterocycles. The maximum Gasteiger partial charge on any atom is 0.435 e. The standard InChI is InChI=1S/C19H18F3N3O2S.O4S/c1-12-4-5-13(10-17(12)27-2)16-11-18(19(20,21)22)24-25(16)14-6-8-15(9-7-14)28(3,23)26;1-5-3-2-4-5/h4-11,23H,1-3H3;. The van der Waals surface area contributed by atoms with Gasteiger partial charge in [-0.25, -0.2) is 13.7 Å². The lowest BCUT2D eigenvalue weighted by Crippen LogP contribution is -2.12. The van der Waals surface area contributed by atoms with Crippen molar-refractivity contribution in [3.63, 3.8) is 0 Å². The summed E-state index contributed by atoms with van der Waals surface area (Å²) in [6.45, 7) is 1.84. The summed E-state index contributed by atoms with van der Waals surface area (Å²) < 4.78 is 82.6. The quantitative estimate of drug-likeness (QED) is 0.524. The lowest BCUT2D eigenvalue weighted by atomic mass is 10.1. The van der Waals surface area contributed by atoms with E-state index in [1.54, 1.807) is 18.2 Å². The van der Waals surface area contributed by atoms with Crippen LogP contribution in [-0.4, -0.2) is 31.6 Å². The third kappa shape index (κ3) is 5.97. The Bertz CT molecular complexity index is 1270. The molecular weight excluding hydrogens is 487 g/mol. The van der Waals surface area contributed by atoms with Crippen LogP contribution < -0.4 is 4.74 Å². The van der Waals surface area contributed by atoms with Gasteiger partial charge in [0.15, 0.2) is 5.69 Å². The Morgan fingerprint density at radius 3 is 2.18 bits per heavy atom. The molecular formula is C19H18F3N3O6S2. The van der Waals surface area contributed by atoms with Crippen LogP contribution in [0.4, 0.5) is 13.2 Å². The van der Waals surface area contributed by atoms with Gasteiger partial charge < -0.3 is 4.74 Å². The zero-order valence-corrected chi connectivity index (χ0v) is 19.0. The molecule has 3 aromatic rings. The number of nitrogens with one attached hydrogen (secondary N) is 1. The van der Waals surface area contributed by atoms with E-state index in [1.165, 1.54) is 42.3 Å². The van der Waals surface area contributed by atoms with Crippen LogP contribution in [0, 0.1) is 11.7 Å². The summed E-state index contributed by atoms with van der Waals surface area (Å²) in [6, 6.07) is 12.0. The van der Waals surface area contributed by atoms with Crippen LogP contribution >= 0.6 is 0 Å². The number of hydrogen-bond acceptors (Lipinski definition) is 8. The number of benzene rings is 2. The SMILES string of the molecule is COc1cc(-c2cc(C(F)(F)F)nn2-c2ccc(S(C)(=N)=O)cc2)ccc1C.O=S1OOO1. The van der Waals surface area contributed by atoms with Crippen LogP contribution in [0.5, 0.6) is 5.75 Å². The molecule has 9 nitrogen and oxygen atoms in total. The maximum absolute atomic E-state index is 13.3. The van der Waals surface area contributed by atoms with E-state index in [0.29, 0.717) is 17.0 Å². The zero-order valence-electron chi connectivity index (χ0n) is 17.4. The predicted molar refractivity (Wildman–Crippen MR) is 112 cm³/mol. The van der Waals surface area contributed by atoms with Crippen molar-refractivity contribution in [2.24, 2.45) is 0 Å². The minimum Gasteiger partial charge on any atom is -0.496 e. The molecule has 178 valence electrons. The molecule has 1 saturated heterocycles. The Kier molecular flexibility index (Phi) is 7.23. The summed E-state index contributed by atoms with van der Waals surface area (Å²) >= 11 is -1.61. The Labute approximate surface area is 189 Å². The first kappa shape index (κ1) is 24.9. The number of alkyl halides is 3. The van der Waals surface area contributed by atoms with Gasteiger partial charge in [0.1, 0.15) is 5.75 Å². The first-order chi connectivity index (χ1) is 15.4. The predicted octanol–water partition coefficient (Wildman–Crippen LogP) is 4.37. The van der Waals surface area contributed by atoms with Crippen molar-refractivity contribution in [1.29, 1.82) is 4.78 Å². The molecule has 14 heteroatoms. The smallest absolute Gasteiger partial charge is 0.435 e. The van der Waals surface area contributed by atoms with Crippen molar-refractivity contribution in [1.82, 2.24) is 9.78 Å². The monoisotopic (exact) mass is 505 g/mol. The Hall–Kier alpha value is -2.78. The lowest BCUT2D eigenvalue weighted by Gasteiger charge is -2.11. The first-order valence-corrected chi connectivity index (χ1v) is 12.0. The number of hydrogen-bond donors (Lipinski definition) is 1. The largest absolute Gasteiger partial charge is 0.496 e. The van der Waals surface area contributed by atoms with E-state index in [1.807, 2.05) is 6.92 Å². The van der Waals surface area contributed by atoms with Crippen molar-refractivity contribution >= 4 is 21.1 Å². The fraction of sp³-hybridized carbons (Fsp3) is 0.211. The maximum atomic E-state index is 13.3. The molecule has 1 aliphatic rings.